The molecule has 0 aliphatic rings. The van der Waals surface area contributed by atoms with E-state index in [1.807, 2.05) is 60.7 Å². The fourth-order valence-electron chi connectivity index (χ4n) is 6.45. The zero-order chi connectivity index (χ0) is 28.2. The fraction of sp³-hybridized carbons (Fsp3) is 0. The summed E-state index contributed by atoms with van der Waals surface area (Å²) in [6.45, 7) is 0. The normalized spacial score (nSPS) is 11.3. The van der Waals surface area contributed by atoms with E-state index in [2.05, 4.69) is 94.1 Å². The lowest BCUT2D eigenvalue weighted by Crippen LogP contribution is -2.02. The molecule has 8 rings (SSSR count). The van der Waals surface area contributed by atoms with E-state index in [4.69, 9.17) is 0 Å². The van der Waals surface area contributed by atoms with Crippen LogP contribution >= 0.6 is 0 Å². The Hall–Kier alpha value is -6.10. The lowest BCUT2D eigenvalue weighted by atomic mass is 9.96. The Bertz CT molecular complexity index is 2340. The Labute approximate surface area is 242 Å². The molecule has 8 aromatic rings. The quantitative estimate of drug-likeness (QED) is 0.227. The van der Waals surface area contributed by atoms with Crippen molar-refractivity contribution in [3.05, 3.63) is 145 Å². The van der Waals surface area contributed by atoms with E-state index >= 15 is 0 Å². The SMILES string of the molecule is N#Cc1ccc(-c2c(C#N)cccc2-n2c3ccccc3c3ccccc32)cc1-n1c2ccccc2c2ccccc21. The van der Waals surface area contributed by atoms with Crippen molar-refractivity contribution in [1.29, 1.82) is 10.5 Å². The van der Waals surface area contributed by atoms with Crippen LogP contribution < -0.4 is 0 Å². The molecule has 6 aromatic carbocycles. The average Bonchev–Trinajstić information content (AvgIpc) is 3.57. The number of nitrogens with zero attached hydrogens (tertiary/aromatic N) is 4. The van der Waals surface area contributed by atoms with Crippen LogP contribution in [0.5, 0.6) is 0 Å². The summed E-state index contributed by atoms with van der Waals surface area (Å²) in [5, 5.41) is 25.2. The van der Waals surface area contributed by atoms with Crippen LogP contribution in [0.4, 0.5) is 0 Å². The monoisotopic (exact) mass is 534 g/mol. The van der Waals surface area contributed by atoms with Crippen molar-refractivity contribution < 1.29 is 0 Å². The molecule has 194 valence electrons. The van der Waals surface area contributed by atoms with Gasteiger partial charge in [0, 0.05) is 27.1 Å². The summed E-state index contributed by atoms with van der Waals surface area (Å²) in [5.74, 6) is 0. The van der Waals surface area contributed by atoms with Crippen LogP contribution in [-0.2, 0) is 0 Å². The Balaban J connectivity index is 1.47. The number of rotatable bonds is 3. The summed E-state index contributed by atoms with van der Waals surface area (Å²) >= 11 is 0. The van der Waals surface area contributed by atoms with Gasteiger partial charge in [-0.2, -0.15) is 10.5 Å². The molecular weight excluding hydrogens is 512 g/mol. The Morgan fingerprint density at radius 3 is 1.33 bits per heavy atom. The second-order valence-electron chi connectivity index (χ2n) is 10.4. The number of hydrogen-bond acceptors (Lipinski definition) is 2. The first-order valence-corrected chi connectivity index (χ1v) is 13.8. The number of benzene rings is 6. The van der Waals surface area contributed by atoms with Crippen molar-refractivity contribution in [1.82, 2.24) is 9.13 Å². The first-order valence-electron chi connectivity index (χ1n) is 13.8. The van der Waals surface area contributed by atoms with Crippen molar-refractivity contribution in [2.75, 3.05) is 0 Å². The third-order valence-electron chi connectivity index (χ3n) is 8.21. The van der Waals surface area contributed by atoms with Crippen molar-refractivity contribution in [2.24, 2.45) is 0 Å². The molecule has 0 atom stereocenters. The van der Waals surface area contributed by atoms with E-state index in [9.17, 15) is 10.5 Å². The summed E-state index contributed by atoms with van der Waals surface area (Å²) in [6, 6.07) is 50.0. The summed E-state index contributed by atoms with van der Waals surface area (Å²) in [5.41, 5.74) is 8.77. The van der Waals surface area contributed by atoms with E-state index in [0.29, 0.717) is 11.1 Å². The molecule has 0 N–H and O–H groups in total. The maximum absolute atomic E-state index is 10.3. The molecule has 0 bridgehead atoms. The topological polar surface area (TPSA) is 57.4 Å². The molecule has 0 saturated heterocycles. The number of aromatic nitrogens is 2. The molecule has 2 heterocycles. The minimum Gasteiger partial charge on any atom is -0.309 e. The van der Waals surface area contributed by atoms with Crippen molar-refractivity contribution in [3.63, 3.8) is 0 Å². The zero-order valence-electron chi connectivity index (χ0n) is 22.5. The second kappa shape index (κ2) is 9.24. The molecule has 0 spiro atoms. The molecule has 0 saturated carbocycles. The Morgan fingerprint density at radius 2 is 0.857 bits per heavy atom. The minimum atomic E-state index is 0.568. The molecule has 0 unspecified atom stereocenters. The molecular formula is C38H22N4. The summed E-state index contributed by atoms with van der Waals surface area (Å²) in [4.78, 5) is 0. The maximum atomic E-state index is 10.3. The number of nitriles is 2. The van der Waals surface area contributed by atoms with Gasteiger partial charge in [0.05, 0.1) is 50.6 Å². The van der Waals surface area contributed by atoms with Crippen LogP contribution in [0.3, 0.4) is 0 Å². The minimum absolute atomic E-state index is 0.568. The summed E-state index contributed by atoms with van der Waals surface area (Å²) in [6.07, 6.45) is 0. The smallest absolute Gasteiger partial charge is 0.101 e. The number of para-hydroxylation sites is 4. The largest absolute Gasteiger partial charge is 0.309 e. The van der Waals surface area contributed by atoms with E-state index < -0.39 is 0 Å². The third kappa shape index (κ3) is 3.33. The lowest BCUT2D eigenvalue weighted by molar-refractivity contribution is 1.16. The van der Waals surface area contributed by atoms with Gasteiger partial charge in [-0.3, -0.25) is 0 Å². The third-order valence-corrected chi connectivity index (χ3v) is 8.21. The van der Waals surface area contributed by atoms with Gasteiger partial charge in [0.2, 0.25) is 0 Å². The van der Waals surface area contributed by atoms with Crippen LogP contribution in [0.2, 0.25) is 0 Å². The highest BCUT2D eigenvalue weighted by atomic mass is 15.0. The Morgan fingerprint density at radius 1 is 0.405 bits per heavy atom. The molecule has 0 aliphatic heterocycles. The van der Waals surface area contributed by atoms with Gasteiger partial charge < -0.3 is 9.13 Å². The van der Waals surface area contributed by atoms with Gasteiger partial charge in [-0.1, -0.05) is 84.9 Å². The van der Waals surface area contributed by atoms with Crippen LogP contribution in [0, 0.1) is 22.7 Å². The van der Waals surface area contributed by atoms with Crippen LogP contribution in [0.25, 0.3) is 66.1 Å². The molecule has 4 nitrogen and oxygen atoms in total. The Kier molecular flexibility index (Phi) is 5.22. The van der Waals surface area contributed by atoms with E-state index in [0.717, 1.165) is 66.1 Å². The predicted molar refractivity (Wildman–Crippen MR) is 170 cm³/mol. The van der Waals surface area contributed by atoms with Crippen LogP contribution in [0.1, 0.15) is 11.1 Å². The first-order chi connectivity index (χ1) is 20.8. The van der Waals surface area contributed by atoms with E-state index in [1.54, 1.807) is 0 Å². The lowest BCUT2D eigenvalue weighted by Gasteiger charge is -2.17. The number of fused-ring (bicyclic) bond motifs is 6. The molecule has 0 fully saturated rings. The van der Waals surface area contributed by atoms with E-state index in [-0.39, 0.29) is 0 Å². The average molecular weight is 535 g/mol. The maximum Gasteiger partial charge on any atom is 0.101 e. The highest BCUT2D eigenvalue weighted by Crippen LogP contribution is 2.40. The second-order valence-corrected chi connectivity index (χ2v) is 10.4. The highest BCUT2D eigenvalue weighted by Gasteiger charge is 2.20. The van der Waals surface area contributed by atoms with Crippen LogP contribution in [0.15, 0.2) is 133 Å². The fourth-order valence-corrected chi connectivity index (χ4v) is 6.45. The van der Waals surface area contributed by atoms with Gasteiger partial charge >= 0.3 is 0 Å². The molecule has 0 amide bonds. The molecule has 0 radical (unpaired) electrons. The highest BCUT2D eigenvalue weighted by molar-refractivity contribution is 6.11. The number of hydrogen-bond donors (Lipinski definition) is 0. The van der Waals surface area contributed by atoms with Gasteiger partial charge in [0.15, 0.2) is 0 Å². The first kappa shape index (κ1) is 23.8. The van der Waals surface area contributed by atoms with Gasteiger partial charge in [-0.05, 0) is 54.1 Å². The summed E-state index contributed by atoms with van der Waals surface area (Å²) in [7, 11) is 0. The van der Waals surface area contributed by atoms with Gasteiger partial charge in [0.1, 0.15) is 6.07 Å². The summed E-state index contributed by atoms with van der Waals surface area (Å²) < 4.78 is 4.42. The standard InChI is InChI=1S/C38H22N4/c39-23-26-21-20-25(22-37(26)42-34-17-7-3-13-30(34)31-14-4-8-18-35(31)42)38-27(24-40)10-9-19-36(38)41-32-15-5-1-11-28(32)29-12-2-6-16-33(29)41/h1-22H. The van der Waals surface area contributed by atoms with Crippen LogP contribution in [-0.4, -0.2) is 9.13 Å². The van der Waals surface area contributed by atoms with Crippen molar-refractivity contribution in [2.45, 2.75) is 0 Å². The van der Waals surface area contributed by atoms with Crippen molar-refractivity contribution >= 4 is 43.6 Å². The van der Waals surface area contributed by atoms with Gasteiger partial charge in [-0.25, -0.2) is 0 Å². The van der Waals surface area contributed by atoms with Gasteiger partial charge in [0.25, 0.3) is 0 Å². The van der Waals surface area contributed by atoms with E-state index in [1.165, 1.54) is 0 Å². The molecule has 4 heteroatoms. The predicted octanol–water partition coefficient (Wildman–Crippen LogP) is 9.29. The zero-order valence-corrected chi connectivity index (χ0v) is 22.5. The molecule has 2 aromatic heterocycles. The van der Waals surface area contributed by atoms with Crippen molar-refractivity contribution in [3.8, 4) is 34.6 Å². The molecule has 42 heavy (non-hydrogen) atoms. The molecule has 0 aliphatic carbocycles. The van der Waals surface area contributed by atoms with Gasteiger partial charge in [-0.15, -0.1) is 0 Å².